The van der Waals surface area contributed by atoms with Gasteiger partial charge >= 0.3 is 5.97 Å². The highest BCUT2D eigenvalue weighted by Crippen LogP contribution is 2.24. The monoisotopic (exact) mass is 251 g/mol. The van der Waals surface area contributed by atoms with Gasteiger partial charge in [0.2, 0.25) is 0 Å². The lowest BCUT2D eigenvalue weighted by atomic mass is 10.1. The first kappa shape index (κ1) is 12.7. The highest BCUT2D eigenvalue weighted by molar-refractivity contribution is 5.90. The summed E-state index contributed by atoms with van der Waals surface area (Å²) >= 11 is 0. The molecule has 1 aromatic carbocycles. The molecule has 5 heteroatoms. The van der Waals surface area contributed by atoms with Crippen molar-refractivity contribution < 1.29 is 19.0 Å². The zero-order valence-electron chi connectivity index (χ0n) is 10.3. The van der Waals surface area contributed by atoms with Crippen molar-refractivity contribution in [1.82, 2.24) is 0 Å². The summed E-state index contributed by atoms with van der Waals surface area (Å²) in [5, 5.41) is 0. The first-order valence-corrected chi connectivity index (χ1v) is 5.89. The molecule has 0 bridgehead atoms. The fourth-order valence-electron chi connectivity index (χ4n) is 1.83. The molecule has 0 aliphatic carbocycles. The molecule has 1 heterocycles. The van der Waals surface area contributed by atoms with Gasteiger partial charge in [0.15, 0.2) is 0 Å². The van der Waals surface area contributed by atoms with Gasteiger partial charge in [-0.2, -0.15) is 0 Å². The fourth-order valence-corrected chi connectivity index (χ4v) is 1.83. The lowest BCUT2D eigenvalue weighted by molar-refractivity contribution is 0.0600. The largest absolute Gasteiger partial charge is 0.491 e. The summed E-state index contributed by atoms with van der Waals surface area (Å²) in [7, 11) is 1.34. The molecule has 0 aromatic heterocycles. The van der Waals surface area contributed by atoms with Crippen molar-refractivity contribution in [2.24, 2.45) is 5.92 Å². The van der Waals surface area contributed by atoms with Crippen LogP contribution in [0.3, 0.4) is 0 Å². The number of methoxy groups -OCH3 is 1. The van der Waals surface area contributed by atoms with Gasteiger partial charge < -0.3 is 19.9 Å². The minimum atomic E-state index is -0.399. The Labute approximate surface area is 106 Å². The van der Waals surface area contributed by atoms with E-state index in [1.54, 1.807) is 18.2 Å². The second-order valence-corrected chi connectivity index (χ2v) is 4.28. The second kappa shape index (κ2) is 5.73. The second-order valence-electron chi connectivity index (χ2n) is 4.28. The van der Waals surface area contributed by atoms with E-state index in [4.69, 9.17) is 15.2 Å². The molecule has 1 unspecified atom stereocenters. The third-order valence-corrected chi connectivity index (χ3v) is 2.93. The average molecular weight is 251 g/mol. The predicted octanol–water partition coefficient (Wildman–Crippen LogP) is 1.47. The highest BCUT2D eigenvalue weighted by atomic mass is 16.5. The summed E-state index contributed by atoms with van der Waals surface area (Å²) in [5.74, 6) is 0.514. The third kappa shape index (κ3) is 2.92. The van der Waals surface area contributed by atoms with Crippen LogP contribution >= 0.6 is 0 Å². The molecule has 1 atom stereocenters. The standard InChI is InChI=1S/C13H17NO4/c1-16-13(15)10-2-3-11(14)12(6-10)18-8-9-4-5-17-7-9/h2-3,6,9H,4-5,7-8,14H2,1H3. The van der Waals surface area contributed by atoms with Crippen LogP contribution in [0.4, 0.5) is 5.69 Å². The Morgan fingerprint density at radius 2 is 2.39 bits per heavy atom. The van der Waals surface area contributed by atoms with E-state index in [1.807, 2.05) is 0 Å². The van der Waals surface area contributed by atoms with Gasteiger partial charge in [0, 0.05) is 12.5 Å². The number of anilines is 1. The Hall–Kier alpha value is -1.75. The Bertz CT molecular complexity index is 427. The number of benzene rings is 1. The van der Waals surface area contributed by atoms with Crippen molar-refractivity contribution in [3.63, 3.8) is 0 Å². The minimum Gasteiger partial charge on any atom is -0.491 e. The highest BCUT2D eigenvalue weighted by Gasteiger charge is 2.17. The SMILES string of the molecule is COC(=O)c1ccc(N)c(OCC2CCOC2)c1. The molecule has 2 N–H and O–H groups in total. The summed E-state index contributed by atoms with van der Waals surface area (Å²) < 4.78 is 15.6. The molecule has 2 rings (SSSR count). The van der Waals surface area contributed by atoms with E-state index in [0.717, 1.165) is 19.6 Å². The van der Waals surface area contributed by atoms with E-state index in [2.05, 4.69) is 4.74 Å². The van der Waals surface area contributed by atoms with Crippen LogP contribution in [-0.4, -0.2) is 32.9 Å². The van der Waals surface area contributed by atoms with Crippen molar-refractivity contribution in [3.8, 4) is 5.75 Å². The lowest BCUT2D eigenvalue weighted by Crippen LogP contribution is -2.13. The first-order chi connectivity index (χ1) is 8.70. The Morgan fingerprint density at radius 1 is 1.56 bits per heavy atom. The maximum Gasteiger partial charge on any atom is 0.337 e. The van der Waals surface area contributed by atoms with Crippen LogP contribution in [0.5, 0.6) is 5.75 Å². The minimum absolute atomic E-state index is 0.395. The number of nitrogens with two attached hydrogens (primary N) is 1. The Balaban J connectivity index is 2.03. The van der Waals surface area contributed by atoms with Crippen LogP contribution in [0.25, 0.3) is 0 Å². The van der Waals surface area contributed by atoms with Crippen LogP contribution in [-0.2, 0) is 9.47 Å². The number of rotatable bonds is 4. The number of carbonyl (C=O) groups excluding carboxylic acids is 1. The van der Waals surface area contributed by atoms with E-state index in [1.165, 1.54) is 7.11 Å². The molecule has 0 radical (unpaired) electrons. The molecule has 0 amide bonds. The Morgan fingerprint density at radius 3 is 3.06 bits per heavy atom. The molecule has 5 nitrogen and oxygen atoms in total. The van der Waals surface area contributed by atoms with Crippen molar-refractivity contribution in [2.75, 3.05) is 32.7 Å². The lowest BCUT2D eigenvalue weighted by Gasteiger charge is -2.13. The average Bonchev–Trinajstić information content (AvgIpc) is 2.90. The van der Waals surface area contributed by atoms with E-state index >= 15 is 0 Å². The van der Waals surface area contributed by atoms with E-state index in [0.29, 0.717) is 29.5 Å². The van der Waals surface area contributed by atoms with Crippen molar-refractivity contribution in [1.29, 1.82) is 0 Å². The van der Waals surface area contributed by atoms with Crippen LogP contribution < -0.4 is 10.5 Å². The summed E-state index contributed by atoms with van der Waals surface area (Å²) in [6.45, 7) is 2.05. The summed E-state index contributed by atoms with van der Waals surface area (Å²) in [6, 6.07) is 4.87. The van der Waals surface area contributed by atoms with Crippen molar-refractivity contribution in [3.05, 3.63) is 23.8 Å². The molecule has 1 aliphatic rings. The number of carbonyl (C=O) groups is 1. The zero-order valence-corrected chi connectivity index (χ0v) is 10.3. The van der Waals surface area contributed by atoms with Crippen LogP contribution in [0.1, 0.15) is 16.8 Å². The summed E-state index contributed by atoms with van der Waals surface area (Å²) in [5.41, 5.74) is 6.76. The molecule has 1 aromatic rings. The summed E-state index contributed by atoms with van der Waals surface area (Å²) in [4.78, 5) is 11.4. The molecule has 0 spiro atoms. The molecule has 1 aliphatic heterocycles. The number of nitrogen functional groups attached to an aromatic ring is 1. The van der Waals surface area contributed by atoms with Gasteiger partial charge in [0.1, 0.15) is 5.75 Å². The maximum absolute atomic E-state index is 11.4. The van der Waals surface area contributed by atoms with Crippen LogP contribution in [0.15, 0.2) is 18.2 Å². The molecule has 0 saturated carbocycles. The fraction of sp³-hybridized carbons (Fsp3) is 0.462. The third-order valence-electron chi connectivity index (χ3n) is 2.93. The molecular formula is C13H17NO4. The van der Waals surface area contributed by atoms with E-state index in [9.17, 15) is 4.79 Å². The molecule has 1 fully saturated rings. The van der Waals surface area contributed by atoms with E-state index < -0.39 is 5.97 Å². The Kier molecular flexibility index (Phi) is 4.04. The van der Waals surface area contributed by atoms with Gasteiger partial charge in [0.25, 0.3) is 0 Å². The van der Waals surface area contributed by atoms with Crippen LogP contribution in [0.2, 0.25) is 0 Å². The zero-order chi connectivity index (χ0) is 13.0. The van der Waals surface area contributed by atoms with E-state index in [-0.39, 0.29) is 0 Å². The van der Waals surface area contributed by atoms with Gasteiger partial charge in [0.05, 0.1) is 31.6 Å². The topological polar surface area (TPSA) is 70.8 Å². The molecular weight excluding hydrogens is 234 g/mol. The first-order valence-electron chi connectivity index (χ1n) is 5.89. The van der Waals surface area contributed by atoms with Crippen molar-refractivity contribution >= 4 is 11.7 Å². The van der Waals surface area contributed by atoms with Crippen molar-refractivity contribution in [2.45, 2.75) is 6.42 Å². The van der Waals surface area contributed by atoms with Gasteiger partial charge in [-0.05, 0) is 24.6 Å². The maximum atomic E-state index is 11.4. The van der Waals surface area contributed by atoms with Gasteiger partial charge in [-0.25, -0.2) is 4.79 Å². The molecule has 18 heavy (non-hydrogen) atoms. The normalized spacial score (nSPS) is 18.6. The van der Waals surface area contributed by atoms with Gasteiger partial charge in [-0.15, -0.1) is 0 Å². The summed E-state index contributed by atoms with van der Waals surface area (Å²) in [6.07, 6.45) is 0.997. The quantitative estimate of drug-likeness (QED) is 0.648. The number of ether oxygens (including phenoxy) is 3. The molecule has 1 saturated heterocycles. The number of hydrogen-bond donors (Lipinski definition) is 1. The predicted molar refractivity (Wildman–Crippen MR) is 66.6 cm³/mol. The number of hydrogen-bond acceptors (Lipinski definition) is 5. The van der Waals surface area contributed by atoms with Gasteiger partial charge in [-0.1, -0.05) is 0 Å². The smallest absolute Gasteiger partial charge is 0.337 e. The number of esters is 1. The molecule has 98 valence electrons. The van der Waals surface area contributed by atoms with Gasteiger partial charge in [-0.3, -0.25) is 0 Å². The van der Waals surface area contributed by atoms with Crippen LogP contribution in [0, 0.1) is 5.92 Å².